The van der Waals surface area contributed by atoms with E-state index in [9.17, 15) is 0 Å². The molecule has 0 saturated carbocycles. The van der Waals surface area contributed by atoms with E-state index >= 15 is 0 Å². The lowest BCUT2D eigenvalue weighted by Gasteiger charge is -2.19. The number of nitrogens with one attached hydrogen (secondary N) is 1. The Kier molecular flexibility index (Phi) is 7.11. The average molecular weight is 313 g/mol. The summed E-state index contributed by atoms with van der Waals surface area (Å²) < 4.78 is 7.54. The fourth-order valence-corrected chi connectivity index (χ4v) is 2.92. The molecule has 2 rings (SSSR count). The van der Waals surface area contributed by atoms with E-state index in [1.807, 2.05) is 6.08 Å². The van der Waals surface area contributed by atoms with E-state index in [-0.39, 0.29) is 0 Å². The summed E-state index contributed by atoms with van der Waals surface area (Å²) in [4.78, 5) is 1.53. The van der Waals surface area contributed by atoms with Crippen LogP contribution in [0.2, 0.25) is 0 Å². The van der Waals surface area contributed by atoms with Gasteiger partial charge in [0.15, 0.2) is 0 Å². The van der Waals surface area contributed by atoms with E-state index in [0.29, 0.717) is 0 Å². The van der Waals surface area contributed by atoms with Crippen LogP contribution in [0.1, 0.15) is 23.2 Å². The van der Waals surface area contributed by atoms with E-state index in [1.54, 1.807) is 7.11 Å². The van der Waals surface area contributed by atoms with Gasteiger partial charge in [-0.05, 0) is 36.3 Å². The Balaban J connectivity index is 2.04. The molecule has 1 aromatic carbocycles. The van der Waals surface area contributed by atoms with Crippen LogP contribution in [0.25, 0.3) is 0 Å². The molecule has 1 aromatic heterocycles. The summed E-state index contributed by atoms with van der Waals surface area (Å²) in [6, 6.07) is 13.0. The summed E-state index contributed by atoms with van der Waals surface area (Å²) in [5.74, 6) is 0. The van der Waals surface area contributed by atoms with E-state index in [0.717, 1.165) is 39.2 Å². The number of hydrogen-bond donors (Lipinski definition) is 1. The van der Waals surface area contributed by atoms with Crippen molar-refractivity contribution < 1.29 is 9.64 Å². The molecule has 1 N–H and O–H groups in total. The topological polar surface area (TPSA) is 18.6 Å². The smallest absolute Gasteiger partial charge is 0.118 e. The fourth-order valence-electron chi connectivity index (χ4n) is 2.92. The number of ether oxygens (including phenoxy) is 1. The SMILES string of the molecule is C=CC[NH+](CCCOC)Cc1cccn1Cc1ccccc1C. The highest BCUT2D eigenvalue weighted by Crippen LogP contribution is 2.11. The monoisotopic (exact) mass is 313 g/mol. The second-order valence-electron chi connectivity index (χ2n) is 6.07. The standard InChI is InChI=1S/C20H28N2O/c1-4-12-21(13-8-15-23-3)17-20-11-7-14-22(20)16-19-10-6-5-9-18(19)2/h4-7,9-11,14H,1,8,12-13,15-17H2,2-3H3/p+1. The zero-order valence-electron chi connectivity index (χ0n) is 14.4. The molecule has 23 heavy (non-hydrogen) atoms. The first-order chi connectivity index (χ1) is 11.2. The van der Waals surface area contributed by atoms with Gasteiger partial charge < -0.3 is 14.2 Å². The molecule has 0 radical (unpaired) electrons. The van der Waals surface area contributed by atoms with Gasteiger partial charge in [-0.2, -0.15) is 0 Å². The first-order valence-electron chi connectivity index (χ1n) is 8.36. The van der Waals surface area contributed by atoms with Gasteiger partial charge in [0.2, 0.25) is 0 Å². The maximum absolute atomic E-state index is 5.18. The van der Waals surface area contributed by atoms with Crippen molar-refractivity contribution in [2.24, 2.45) is 0 Å². The first-order valence-corrected chi connectivity index (χ1v) is 8.36. The second kappa shape index (κ2) is 9.33. The minimum atomic E-state index is 0.824. The van der Waals surface area contributed by atoms with Gasteiger partial charge in [0.25, 0.3) is 0 Å². The van der Waals surface area contributed by atoms with Crippen molar-refractivity contribution in [3.8, 4) is 0 Å². The number of aryl methyl sites for hydroxylation is 1. The molecule has 124 valence electrons. The molecule has 0 aliphatic heterocycles. The van der Waals surface area contributed by atoms with E-state index in [4.69, 9.17) is 4.74 Å². The number of hydrogen-bond acceptors (Lipinski definition) is 1. The van der Waals surface area contributed by atoms with Crippen molar-refractivity contribution in [3.63, 3.8) is 0 Å². The zero-order chi connectivity index (χ0) is 16.5. The Morgan fingerprint density at radius 1 is 1.22 bits per heavy atom. The van der Waals surface area contributed by atoms with Gasteiger partial charge in [0, 0.05) is 26.3 Å². The summed E-state index contributed by atoms with van der Waals surface area (Å²) in [7, 11) is 1.76. The summed E-state index contributed by atoms with van der Waals surface area (Å²) in [6.45, 7) is 11.0. The van der Waals surface area contributed by atoms with Gasteiger partial charge in [0.05, 0.1) is 25.4 Å². The molecule has 0 saturated heterocycles. The van der Waals surface area contributed by atoms with Crippen LogP contribution in [0.3, 0.4) is 0 Å². The molecule has 1 heterocycles. The molecule has 0 aliphatic carbocycles. The molecular formula is C20H29N2O+. The van der Waals surface area contributed by atoms with Crippen molar-refractivity contribution in [3.05, 3.63) is 72.1 Å². The van der Waals surface area contributed by atoms with Gasteiger partial charge in [-0.15, -0.1) is 0 Å². The Labute approximate surface area is 140 Å². The molecule has 0 amide bonds. The third kappa shape index (κ3) is 5.38. The fraction of sp³-hybridized carbons (Fsp3) is 0.400. The molecule has 2 aromatic rings. The molecule has 0 bridgehead atoms. The quantitative estimate of drug-likeness (QED) is 0.527. The van der Waals surface area contributed by atoms with Crippen molar-refractivity contribution in [1.29, 1.82) is 0 Å². The molecule has 0 aliphatic rings. The zero-order valence-corrected chi connectivity index (χ0v) is 14.4. The number of quaternary nitrogens is 1. The first kappa shape index (κ1) is 17.5. The van der Waals surface area contributed by atoms with Gasteiger partial charge in [-0.1, -0.05) is 30.8 Å². The lowest BCUT2D eigenvalue weighted by molar-refractivity contribution is -0.908. The molecule has 1 unspecified atom stereocenters. The predicted molar refractivity (Wildman–Crippen MR) is 95.8 cm³/mol. The minimum absolute atomic E-state index is 0.824. The molecule has 1 atom stereocenters. The van der Waals surface area contributed by atoms with Crippen LogP contribution in [-0.2, 0) is 17.8 Å². The summed E-state index contributed by atoms with van der Waals surface area (Å²) in [5, 5.41) is 0. The Hall–Kier alpha value is -1.84. The van der Waals surface area contributed by atoms with Crippen LogP contribution < -0.4 is 4.90 Å². The maximum atomic E-state index is 5.18. The summed E-state index contributed by atoms with van der Waals surface area (Å²) >= 11 is 0. The van der Waals surface area contributed by atoms with E-state index in [2.05, 4.69) is 60.7 Å². The molecule has 3 heteroatoms. The van der Waals surface area contributed by atoms with E-state index < -0.39 is 0 Å². The third-order valence-corrected chi connectivity index (χ3v) is 4.27. The Morgan fingerprint density at radius 3 is 2.78 bits per heavy atom. The van der Waals surface area contributed by atoms with Gasteiger partial charge in [-0.3, -0.25) is 0 Å². The maximum Gasteiger partial charge on any atom is 0.118 e. The number of aromatic nitrogens is 1. The molecular weight excluding hydrogens is 284 g/mol. The summed E-state index contributed by atoms with van der Waals surface area (Å²) in [5.41, 5.74) is 4.11. The van der Waals surface area contributed by atoms with Crippen LogP contribution in [0.4, 0.5) is 0 Å². The van der Waals surface area contributed by atoms with Crippen molar-refractivity contribution >= 4 is 0 Å². The number of nitrogens with zero attached hydrogens (tertiary/aromatic N) is 1. The van der Waals surface area contributed by atoms with Gasteiger partial charge in [-0.25, -0.2) is 0 Å². The molecule has 0 spiro atoms. The third-order valence-electron chi connectivity index (χ3n) is 4.27. The lowest BCUT2D eigenvalue weighted by Crippen LogP contribution is -3.10. The number of rotatable bonds is 10. The van der Waals surface area contributed by atoms with Gasteiger partial charge >= 0.3 is 0 Å². The number of benzene rings is 1. The van der Waals surface area contributed by atoms with Crippen LogP contribution in [0.5, 0.6) is 0 Å². The Bertz CT molecular complexity index is 603. The largest absolute Gasteiger partial charge is 0.384 e. The highest BCUT2D eigenvalue weighted by Gasteiger charge is 2.11. The van der Waals surface area contributed by atoms with Crippen molar-refractivity contribution in [1.82, 2.24) is 4.57 Å². The predicted octanol–water partition coefficient (Wildman–Crippen LogP) is 2.45. The van der Waals surface area contributed by atoms with Crippen molar-refractivity contribution in [2.75, 3.05) is 26.8 Å². The molecule has 3 nitrogen and oxygen atoms in total. The van der Waals surface area contributed by atoms with Crippen molar-refractivity contribution in [2.45, 2.75) is 26.4 Å². The normalized spacial score (nSPS) is 12.3. The second-order valence-corrected chi connectivity index (χ2v) is 6.07. The van der Waals surface area contributed by atoms with Crippen LogP contribution in [0.15, 0.2) is 55.3 Å². The van der Waals surface area contributed by atoms with Crippen LogP contribution >= 0.6 is 0 Å². The van der Waals surface area contributed by atoms with Crippen LogP contribution in [0, 0.1) is 6.92 Å². The number of methoxy groups -OCH3 is 1. The Morgan fingerprint density at radius 2 is 2.04 bits per heavy atom. The van der Waals surface area contributed by atoms with E-state index in [1.165, 1.54) is 21.7 Å². The highest BCUT2D eigenvalue weighted by molar-refractivity contribution is 5.26. The van der Waals surface area contributed by atoms with Gasteiger partial charge in [0.1, 0.15) is 6.54 Å². The lowest BCUT2D eigenvalue weighted by atomic mass is 10.1. The highest BCUT2D eigenvalue weighted by atomic mass is 16.5. The average Bonchev–Trinajstić information content (AvgIpc) is 2.97. The summed E-state index contributed by atoms with van der Waals surface area (Å²) in [6.07, 6.45) is 5.28. The minimum Gasteiger partial charge on any atom is -0.384 e. The molecule has 0 fully saturated rings. The van der Waals surface area contributed by atoms with Crippen LogP contribution in [-0.4, -0.2) is 31.4 Å².